The molecule has 1 aromatic rings. The molecule has 0 saturated heterocycles. The quantitative estimate of drug-likeness (QED) is 0.430. The summed E-state index contributed by atoms with van der Waals surface area (Å²) >= 11 is 17.7. The molecule has 0 spiro atoms. The molecule has 98 valence electrons. The standard InChI is InChI=1S/C13H13Cl3O2/c14-9-6-11(16)12(7-10(9)15)18-13(17)8-4-2-1-3-5-8/h6-8H,1-5H2. The lowest BCUT2D eigenvalue weighted by Gasteiger charge is -2.20. The summed E-state index contributed by atoms with van der Waals surface area (Å²) in [5.41, 5.74) is 0. The Morgan fingerprint density at radius 2 is 1.61 bits per heavy atom. The number of carbonyl (C=O) groups is 1. The van der Waals surface area contributed by atoms with Crippen LogP contribution in [-0.4, -0.2) is 5.97 Å². The Morgan fingerprint density at radius 3 is 2.28 bits per heavy atom. The van der Waals surface area contributed by atoms with Gasteiger partial charge in [-0.1, -0.05) is 54.1 Å². The average molecular weight is 308 g/mol. The van der Waals surface area contributed by atoms with E-state index >= 15 is 0 Å². The number of rotatable bonds is 2. The van der Waals surface area contributed by atoms with Crippen LogP contribution in [-0.2, 0) is 4.79 Å². The second-order valence-electron chi connectivity index (χ2n) is 4.45. The predicted molar refractivity (Wildman–Crippen MR) is 73.7 cm³/mol. The lowest BCUT2D eigenvalue weighted by molar-refractivity contribution is -0.139. The van der Waals surface area contributed by atoms with Crippen molar-refractivity contribution in [2.45, 2.75) is 32.1 Å². The predicted octanol–water partition coefficient (Wildman–Crippen LogP) is 5.13. The highest BCUT2D eigenvalue weighted by Crippen LogP contribution is 2.35. The Kier molecular flexibility index (Phi) is 4.77. The van der Waals surface area contributed by atoms with E-state index < -0.39 is 0 Å². The normalized spacial score (nSPS) is 16.6. The maximum Gasteiger partial charge on any atom is 0.314 e. The van der Waals surface area contributed by atoms with E-state index in [1.54, 1.807) is 0 Å². The van der Waals surface area contributed by atoms with Crippen LogP contribution in [0.1, 0.15) is 32.1 Å². The van der Waals surface area contributed by atoms with Gasteiger partial charge in [-0.05, 0) is 18.9 Å². The fraction of sp³-hybridized carbons (Fsp3) is 0.462. The van der Waals surface area contributed by atoms with Crippen LogP contribution in [0.25, 0.3) is 0 Å². The number of ether oxygens (including phenoxy) is 1. The van der Waals surface area contributed by atoms with E-state index in [4.69, 9.17) is 39.5 Å². The summed E-state index contributed by atoms with van der Waals surface area (Å²) in [5, 5.41) is 0.972. The van der Waals surface area contributed by atoms with Crippen LogP contribution < -0.4 is 4.74 Å². The highest BCUT2D eigenvalue weighted by Gasteiger charge is 2.23. The number of carbonyl (C=O) groups excluding carboxylic acids is 1. The minimum absolute atomic E-state index is 0.0238. The molecular weight excluding hydrogens is 295 g/mol. The van der Waals surface area contributed by atoms with Gasteiger partial charge in [0.15, 0.2) is 5.75 Å². The molecule has 18 heavy (non-hydrogen) atoms. The van der Waals surface area contributed by atoms with Gasteiger partial charge >= 0.3 is 5.97 Å². The molecule has 1 fully saturated rings. The van der Waals surface area contributed by atoms with Gasteiger partial charge in [0.2, 0.25) is 0 Å². The van der Waals surface area contributed by atoms with Gasteiger partial charge in [-0.25, -0.2) is 0 Å². The molecule has 0 radical (unpaired) electrons. The number of hydrogen-bond acceptors (Lipinski definition) is 2. The molecule has 1 saturated carbocycles. The Bertz CT molecular complexity index is 454. The first-order valence-corrected chi connectivity index (χ1v) is 7.07. The molecule has 0 aliphatic heterocycles. The minimum Gasteiger partial charge on any atom is -0.425 e. The van der Waals surface area contributed by atoms with Gasteiger partial charge in [0, 0.05) is 6.07 Å². The number of halogens is 3. The van der Waals surface area contributed by atoms with Crippen molar-refractivity contribution >= 4 is 40.8 Å². The van der Waals surface area contributed by atoms with Crippen LogP contribution in [0.5, 0.6) is 5.75 Å². The topological polar surface area (TPSA) is 26.3 Å². The van der Waals surface area contributed by atoms with Crippen molar-refractivity contribution in [2.24, 2.45) is 5.92 Å². The molecule has 5 heteroatoms. The van der Waals surface area contributed by atoms with E-state index in [0.717, 1.165) is 25.7 Å². The van der Waals surface area contributed by atoms with Gasteiger partial charge in [0.25, 0.3) is 0 Å². The van der Waals surface area contributed by atoms with Gasteiger partial charge in [0.05, 0.1) is 21.0 Å². The molecule has 0 bridgehead atoms. The lowest BCUT2D eigenvalue weighted by atomic mass is 9.89. The van der Waals surface area contributed by atoms with Crippen LogP contribution in [0, 0.1) is 5.92 Å². The summed E-state index contributed by atoms with van der Waals surface area (Å²) in [6.45, 7) is 0. The summed E-state index contributed by atoms with van der Waals surface area (Å²) in [5.74, 6) is 0.0286. The monoisotopic (exact) mass is 306 g/mol. The van der Waals surface area contributed by atoms with Crippen molar-refractivity contribution in [3.63, 3.8) is 0 Å². The first kappa shape index (κ1) is 14.0. The SMILES string of the molecule is O=C(Oc1cc(Cl)c(Cl)cc1Cl)C1CCCCC1. The van der Waals surface area contributed by atoms with Gasteiger partial charge in [-0.3, -0.25) is 4.79 Å². The molecule has 0 N–H and O–H groups in total. The molecule has 2 nitrogen and oxygen atoms in total. The molecule has 1 aliphatic rings. The minimum atomic E-state index is -0.227. The van der Waals surface area contributed by atoms with Crippen LogP contribution in [0.4, 0.5) is 0 Å². The van der Waals surface area contributed by atoms with E-state index in [-0.39, 0.29) is 17.6 Å². The molecule has 0 atom stereocenters. The third kappa shape index (κ3) is 3.31. The number of benzene rings is 1. The van der Waals surface area contributed by atoms with Gasteiger partial charge in [-0.2, -0.15) is 0 Å². The van der Waals surface area contributed by atoms with Crippen LogP contribution in [0.2, 0.25) is 15.1 Å². The summed E-state index contributed by atoms with van der Waals surface area (Å²) in [4.78, 5) is 12.0. The van der Waals surface area contributed by atoms with E-state index in [9.17, 15) is 4.79 Å². The van der Waals surface area contributed by atoms with Gasteiger partial charge < -0.3 is 4.74 Å². The zero-order valence-electron chi connectivity index (χ0n) is 9.72. The van der Waals surface area contributed by atoms with E-state index in [2.05, 4.69) is 0 Å². The first-order chi connectivity index (χ1) is 8.58. The molecule has 2 rings (SSSR count). The maximum atomic E-state index is 12.0. The zero-order valence-corrected chi connectivity index (χ0v) is 12.0. The van der Waals surface area contributed by atoms with E-state index in [1.165, 1.54) is 18.6 Å². The fourth-order valence-corrected chi connectivity index (χ4v) is 2.69. The van der Waals surface area contributed by atoms with Crippen molar-refractivity contribution < 1.29 is 9.53 Å². The maximum absolute atomic E-state index is 12.0. The Morgan fingerprint density at radius 1 is 1.00 bits per heavy atom. The molecule has 1 aliphatic carbocycles. The van der Waals surface area contributed by atoms with Crippen molar-refractivity contribution in [1.82, 2.24) is 0 Å². The number of esters is 1. The summed E-state index contributed by atoms with van der Waals surface area (Å²) in [7, 11) is 0. The van der Waals surface area contributed by atoms with Crippen LogP contribution in [0.15, 0.2) is 12.1 Å². The summed E-state index contributed by atoms with van der Waals surface area (Å²) < 4.78 is 5.31. The lowest BCUT2D eigenvalue weighted by Crippen LogP contribution is -2.22. The van der Waals surface area contributed by atoms with Crippen LogP contribution in [0.3, 0.4) is 0 Å². The third-order valence-electron chi connectivity index (χ3n) is 3.12. The molecule has 0 unspecified atom stereocenters. The van der Waals surface area contributed by atoms with E-state index in [0.29, 0.717) is 15.1 Å². The molecule has 0 aromatic heterocycles. The van der Waals surface area contributed by atoms with E-state index in [1.807, 2.05) is 0 Å². The van der Waals surface area contributed by atoms with Crippen molar-refractivity contribution in [3.05, 3.63) is 27.2 Å². The molecule has 1 aromatic carbocycles. The Balaban J connectivity index is 2.08. The van der Waals surface area contributed by atoms with Crippen molar-refractivity contribution in [3.8, 4) is 5.75 Å². The first-order valence-electron chi connectivity index (χ1n) is 5.94. The summed E-state index contributed by atoms with van der Waals surface area (Å²) in [6.07, 6.45) is 5.12. The van der Waals surface area contributed by atoms with Crippen molar-refractivity contribution in [2.75, 3.05) is 0 Å². The zero-order chi connectivity index (χ0) is 13.1. The fourth-order valence-electron chi connectivity index (χ4n) is 2.11. The Hall–Kier alpha value is -0.440. The molecule has 0 heterocycles. The highest BCUT2D eigenvalue weighted by molar-refractivity contribution is 6.43. The Labute approximate surface area is 121 Å². The third-order valence-corrected chi connectivity index (χ3v) is 4.14. The average Bonchev–Trinajstić information content (AvgIpc) is 2.37. The smallest absolute Gasteiger partial charge is 0.314 e. The van der Waals surface area contributed by atoms with Gasteiger partial charge in [0.1, 0.15) is 0 Å². The number of hydrogen-bond donors (Lipinski definition) is 0. The van der Waals surface area contributed by atoms with Crippen molar-refractivity contribution in [1.29, 1.82) is 0 Å². The second-order valence-corrected chi connectivity index (χ2v) is 5.67. The second kappa shape index (κ2) is 6.14. The highest BCUT2D eigenvalue weighted by atomic mass is 35.5. The summed E-state index contributed by atoms with van der Waals surface area (Å²) in [6, 6.07) is 2.96. The molecule has 0 amide bonds. The van der Waals surface area contributed by atoms with Gasteiger partial charge in [-0.15, -0.1) is 0 Å². The van der Waals surface area contributed by atoms with Crippen LogP contribution >= 0.6 is 34.8 Å². The largest absolute Gasteiger partial charge is 0.425 e. The molecular formula is C13H13Cl3O2.